The zero-order valence-corrected chi connectivity index (χ0v) is 12.9. The first-order chi connectivity index (χ1) is 11.3. The van der Waals surface area contributed by atoms with Gasteiger partial charge in [-0.2, -0.15) is 4.98 Å². The van der Waals surface area contributed by atoms with Gasteiger partial charge in [-0.15, -0.1) is 0 Å². The van der Waals surface area contributed by atoms with Crippen molar-refractivity contribution in [3.05, 3.63) is 41.8 Å². The third-order valence-electron chi connectivity index (χ3n) is 4.81. The zero-order valence-electron chi connectivity index (χ0n) is 12.9. The summed E-state index contributed by atoms with van der Waals surface area (Å²) in [7, 11) is 0. The maximum atomic E-state index is 13.1. The van der Waals surface area contributed by atoms with Gasteiger partial charge in [0.2, 0.25) is 11.7 Å². The lowest BCUT2D eigenvalue weighted by Gasteiger charge is -2.24. The predicted octanol–water partition coefficient (Wildman–Crippen LogP) is 3.38. The Morgan fingerprint density at radius 1 is 1.30 bits per heavy atom. The maximum absolute atomic E-state index is 13.1. The molecule has 1 saturated heterocycles. The van der Waals surface area contributed by atoms with E-state index in [0.717, 1.165) is 12.3 Å². The quantitative estimate of drug-likeness (QED) is 0.936. The largest absolute Gasteiger partial charge is 0.485 e. The van der Waals surface area contributed by atoms with Crippen LogP contribution in [-0.2, 0) is 6.61 Å². The molecule has 1 aliphatic heterocycles. The van der Waals surface area contributed by atoms with Crippen LogP contribution in [0.1, 0.15) is 49.9 Å². The molecule has 0 amide bonds. The Morgan fingerprint density at radius 3 is 3.09 bits per heavy atom. The SMILES string of the molecule is Fc1cccc(OCc2noc(C3CC4CCCCC4N3)n2)c1. The van der Waals surface area contributed by atoms with Crippen LogP contribution < -0.4 is 10.1 Å². The molecule has 3 unspecified atom stereocenters. The molecule has 1 aliphatic carbocycles. The van der Waals surface area contributed by atoms with Crippen molar-refractivity contribution in [3.63, 3.8) is 0 Å². The van der Waals surface area contributed by atoms with Gasteiger partial charge in [0, 0.05) is 12.1 Å². The van der Waals surface area contributed by atoms with Crippen LogP contribution in [0, 0.1) is 11.7 Å². The van der Waals surface area contributed by atoms with Crippen molar-refractivity contribution in [2.75, 3.05) is 0 Å². The van der Waals surface area contributed by atoms with E-state index in [4.69, 9.17) is 9.26 Å². The van der Waals surface area contributed by atoms with Crippen molar-refractivity contribution < 1.29 is 13.7 Å². The zero-order chi connectivity index (χ0) is 15.6. The van der Waals surface area contributed by atoms with E-state index in [1.54, 1.807) is 12.1 Å². The molecule has 1 aromatic heterocycles. The first-order valence-corrected chi connectivity index (χ1v) is 8.25. The van der Waals surface area contributed by atoms with Crippen LogP contribution in [0.15, 0.2) is 28.8 Å². The molecule has 2 aliphatic rings. The van der Waals surface area contributed by atoms with Gasteiger partial charge in [-0.1, -0.05) is 24.1 Å². The van der Waals surface area contributed by atoms with E-state index in [-0.39, 0.29) is 18.5 Å². The van der Waals surface area contributed by atoms with Gasteiger partial charge in [-0.3, -0.25) is 0 Å². The summed E-state index contributed by atoms with van der Waals surface area (Å²) in [5, 5.41) is 7.59. The fourth-order valence-electron chi connectivity index (χ4n) is 3.68. The second-order valence-electron chi connectivity index (χ2n) is 6.40. The maximum Gasteiger partial charge on any atom is 0.243 e. The highest BCUT2D eigenvalue weighted by Crippen LogP contribution is 2.38. The summed E-state index contributed by atoms with van der Waals surface area (Å²) in [4.78, 5) is 4.43. The van der Waals surface area contributed by atoms with Crippen molar-refractivity contribution in [1.82, 2.24) is 15.5 Å². The van der Waals surface area contributed by atoms with Gasteiger partial charge in [0.1, 0.15) is 11.6 Å². The molecule has 5 nitrogen and oxygen atoms in total. The molecule has 0 radical (unpaired) electrons. The lowest BCUT2D eigenvalue weighted by Crippen LogP contribution is -2.30. The standard InChI is InChI=1S/C17H20FN3O2/c18-12-5-3-6-13(9-12)22-10-16-20-17(23-21-16)15-8-11-4-1-2-7-14(11)19-15/h3,5-6,9,11,14-15,19H,1-2,4,7-8,10H2. The molecule has 2 fully saturated rings. The molecule has 2 heterocycles. The van der Waals surface area contributed by atoms with Gasteiger partial charge in [-0.25, -0.2) is 4.39 Å². The van der Waals surface area contributed by atoms with Crippen molar-refractivity contribution in [1.29, 1.82) is 0 Å². The van der Waals surface area contributed by atoms with Crippen LogP contribution in [0.2, 0.25) is 0 Å². The second kappa shape index (κ2) is 6.28. The average Bonchev–Trinajstić information content (AvgIpc) is 3.19. The van der Waals surface area contributed by atoms with Gasteiger partial charge in [0.15, 0.2) is 6.61 Å². The molecule has 0 spiro atoms. The molecule has 1 aromatic carbocycles. The van der Waals surface area contributed by atoms with Crippen LogP contribution >= 0.6 is 0 Å². The van der Waals surface area contributed by atoms with Crippen LogP contribution in [0.5, 0.6) is 5.75 Å². The van der Waals surface area contributed by atoms with Gasteiger partial charge in [-0.05, 0) is 37.3 Å². The topological polar surface area (TPSA) is 60.2 Å². The molecule has 3 atom stereocenters. The highest BCUT2D eigenvalue weighted by Gasteiger charge is 2.38. The Labute approximate surface area is 134 Å². The Balaban J connectivity index is 1.37. The molecule has 1 saturated carbocycles. The Morgan fingerprint density at radius 2 is 2.22 bits per heavy atom. The number of fused-ring (bicyclic) bond motifs is 1. The second-order valence-corrected chi connectivity index (χ2v) is 6.40. The summed E-state index contributed by atoms with van der Waals surface area (Å²) in [5.74, 6) is 1.99. The highest BCUT2D eigenvalue weighted by molar-refractivity contribution is 5.22. The van der Waals surface area contributed by atoms with Crippen LogP contribution in [-0.4, -0.2) is 16.2 Å². The van der Waals surface area contributed by atoms with Gasteiger partial charge in [0.25, 0.3) is 0 Å². The minimum absolute atomic E-state index is 0.151. The highest BCUT2D eigenvalue weighted by atomic mass is 19.1. The lowest BCUT2D eigenvalue weighted by molar-refractivity contribution is 0.281. The smallest absolute Gasteiger partial charge is 0.243 e. The summed E-state index contributed by atoms with van der Waals surface area (Å²) in [6.45, 7) is 0.173. The lowest BCUT2D eigenvalue weighted by atomic mass is 9.85. The van der Waals surface area contributed by atoms with E-state index >= 15 is 0 Å². The molecule has 122 valence electrons. The number of rotatable bonds is 4. The fourth-order valence-corrected chi connectivity index (χ4v) is 3.68. The van der Waals surface area contributed by atoms with Crippen LogP contribution in [0.3, 0.4) is 0 Å². The summed E-state index contributed by atoms with van der Waals surface area (Å²) >= 11 is 0. The van der Waals surface area contributed by atoms with Gasteiger partial charge in [0.05, 0.1) is 6.04 Å². The summed E-state index contributed by atoms with van der Waals surface area (Å²) in [6.07, 6.45) is 6.23. The normalized spacial score (nSPS) is 26.9. The number of hydrogen-bond donors (Lipinski definition) is 1. The first-order valence-electron chi connectivity index (χ1n) is 8.25. The van der Waals surface area contributed by atoms with Crippen molar-refractivity contribution in [3.8, 4) is 5.75 Å². The molecular formula is C17H20FN3O2. The number of benzene rings is 1. The van der Waals surface area contributed by atoms with Crippen molar-refractivity contribution in [2.45, 2.75) is 50.8 Å². The molecule has 23 heavy (non-hydrogen) atoms. The molecular weight excluding hydrogens is 297 g/mol. The van der Waals surface area contributed by atoms with Gasteiger partial charge < -0.3 is 14.6 Å². The third-order valence-corrected chi connectivity index (χ3v) is 4.81. The number of nitrogens with zero attached hydrogens (tertiary/aromatic N) is 2. The van der Waals surface area contributed by atoms with Crippen LogP contribution in [0.25, 0.3) is 0 Å². The van der Waals surface area contributed by atoms with E-state index in [0.29, 0.717) is 23.5 Å². The fraction of sp³-hybridized carbons (Fsp3) is 0.529. The van der Waals surface area contributed by atoms with Crippen molar-refractivity contribution in [2.24, 2.45) is 5.92 Å². The number of aromatic nitrogens is 2. The minimum Gasteiger partial charge on any atom is -0.485 e. The number of halogens is 1. The minimum atomic E-state index is -0.325. The molecule has 1 N–H and O–H groups in total. The van der Waals surface area contributed by atoms with Gasteiger partial charge >= 0.3 is 0 Å². The molecule has 4 rings (SSSR count). The first kappa shape index (κ1) is 14.6. The monoisotopic (exact) mass is 317 g/mol. The Kier molecular flexibility index (Phi) is 3.99. The molecule has 6 heteroatoms. The average molecular weight is 317 g/mol. The van der Waals surface area contributed by atoms with E-state index < -0.39 is 0 Å². The Bertz CT molecular complexity index is 661. The van der Waals surface area contributed by atoms with E-state index in [2.05, 4.69) is 15.5 Å². The van der Waals surface area contributed by atoms with E-state index in [1.807, 2.05) is 0 Å². The van der Waals surface area contributed by atoms with Crippen LogP contribution in [0.4, 0.5) is 4.39 Å². The Hall–Kier alpha value is -1.95. The number of nitrogens with one attached hydrogen (secondary N) is 1. The summed E-state index contributed by atoms with van der Waals surface area (Å²) in [5.41, 5.74) is 0. The summed E-state index contributed by atoms with van der Waals surface area (Å²) < 4.78 is 24.0. The number of ether oxygens (including phenoxy) is 1. The van der Waals surface area contributed by atoms with Crippen molar-refractivity contribution >= 4 is 0 Å². The predicted molar refractivity (Wildman–Crippen MR) is 81.3 cm³/mol. The van der Waals surface area contributed by atoms with E-state index in [9.17, 15) is 4.39 Å². The summed E-state index contributed by atoms with van der Waals surface area (Å²) in [6, 6.07) is 6.77. The molecule has 2 aromatic rings. The van der Waals surface area contributed by atoms with E-state index in [1.165, 1.54) is 37.8 Å². The number of hydrogen-bond acceptors (Lipinski definition) is 5. The third kappa shape index (κ3) is 3.22. The molecule has 0 bridgehead atoms.